The Morgan fingerprint density at radius 3 is 2.00 bits per heavy atom. The first-order valence-corrected chi connectivity index (χ1v) is 2.12. The molecule has 43 valence electrons. The molecule has 1 nitrogen and oxygen atoms in total. The summed E-state index contributed by atoms with van der Waals surface area (Å²) in [6, 6.07) is 0. The van der Waals surface area contributed by atoms with Crippen molar-refractivity contribution in [1.29, 1.82) is 0 Å². The van der Waals surface area contributed by atoms with Gasteiger partial charge in [-0.1, -0.05) is 13.3 Å². The molecular weight excluding hydrogens is 170 g/mol. The SMILES string of the molecule is CCCCN.[Ag]. The summed E-state index contributed by atoms with van der Waals surface area (Å²) in [4.78, 5) is 0. The molecule has 0 atom stereocenters. The van der Waals surface area contributed by atoms with E-state index in [0.29, 0.717) is 0 Å². The van der Waals surface area contributed by atoms with Crippen LogP contribution in [0.3, 0.4) is 0 Å². The van der Waals surface area contributed by atoms with Gasteiger partial charge in [0.05, 0.1) is 0 Å². The Hall–Kier alpha value is 0.700. The van der Waals surface area contributed by atoms with Gasteiger partial charge >= 0.3 is 0 Å². The fraction of sp³-hybridized carbons (Fsp3) is 1.00. The molecule has 0 saturated heterocycles. The first-order chi connectivity index (χ1) is 2.41. The molecule has 0 aliphatic carbocycles. The third-order valence-electron chi connectivity index (χ3n) is 0.558. The third kappa shape index (κ3) is 8.83. The molecule has 0 amide bonds. The van der Waals surface area contributed by atoms with E-state index in [4.69, 9.17) is 5.73 Å². The van der Waals surface area contributed by atoms with E-state index in [0.717, 1.165) is 6.54 Å². The van der Waals surface area contributed by atoms with Crippen LogP contribution in [-0.4, -0.2) is 6.54 Å². The van der Waals surface area contributed by atoms with E-state index in [1.54, 1.807) is 0 Å². The molecule has 0 aromatic heterocycles. The molecule has 6 heavy (non-hydrogen) atoms. The smallest absolute Gasteiger partial charge is 0 e. The molecule has 0 unspecified atom stereocenters. The molecule has 0 heterocycles. The van der Waals surface area contributed by atoms with Crippen LogP contribution in [0.2, 0.25) is 0 Å². The number of unbranched alkanes of at least 4 members (excludes halogenated alkanes) is 1. The van der Waals surface area contributed by atoms with E-state index >= 15 is 0 Å². The average molecular weight is 181 g/mol. The fourth-order valence-electron chi connectivity index (χ4n) is 0.204. The second-order valence-corrected chi connectivity index (χ2v) is 1.14. The molecule has 0 aromatic rings. The van der Waals surface area contributed by atoms with Gasteiger partial charge in [0.1, 0.15) is 0 Å². The first kappa shape index (κ1) is 9.85. The summed E-state index contributed by atoms with van der Waals surface area (Å²) in [5, 5.41) is 0. The topological polar surface area (TPSA) is 26.0 Å². The summed E-state index contributed by atoms with van der Waals surface area (Å²) in [6.07, 6.45) is 2.39. The Balaban J connectivity index is 0. The Labute approximate surface area is 54.8 Å². The second kappa shape index (κ2) is 9.20. The molecule has 1 radical (unpaired) electrons. The van der Waals surface area contributed by atoms with Crippen molar-refractivity contribution in [3.05, 3.63) is 0 Å². The maximum atomic E-state index is 5.14. The summed E-state index contributed by atoms with van der Waals surface area (Å²) in [7, 11) is 0. The maximum absolute atomic E-state index is 5.14. The van der Waals surface area contributed by atoms with E-state index in [-0.39, 0.29) is 22.4 Å². The number of nitrogens with two attached hydrogens (primary N) is 1. The minimum atomic E-state index is 0. The van der Waals surface area contributed by atoms with Crippen molar-refractivity contribution in [2.24, 2.45) is 5.73 Å². The van der Waals surface area contributed by atoms with Crippen LogP contribution < -0.4 is 5.73 Å². The Morgan fingerprint density at radius 1 is 1.50 bits per heavy atom. The van der Waals surface area contributed by atoms with E-state index in [2.05, 4.69) is 6.92 Å². The van der Waals surface area contributed by atoms with Crippen LogP contribution in [0.15, 0.2) is 0 Å². The van der Waals surface area contributed by atoms with Gasteiger partial charge in [-0.25, -0.2) is 0 Å². The number of hydrogen-bond donors (Lipinski definition) is 1. The third-order valence-corrected chi connectivity index (χ3v) is 0.558. The zero-order chi connectivity index (χ0) is 4.12. The van der Waals surface area contributed by atoms with Gasteiger partial charge in [0.15, 0.2) is 0 Å². The minimum Gasteiger partial charge on any atom is -0.330 e. The number of rotatable bonds is 2. The predicted octanol–water partition coefficient (Wildman–Crippen LogP) is 0.743. The Morgan fingerprint density at radius 2 is 2.00 bits per heavy atom. The van der Waals surface area contributed by atoms with Crippen LogP contribution in [0, 0.1) is 0 Å². The van der Waals surface area contributed by atoms with Crippen molar-refractivity contribution in [2.45, 2.75) is 19.8 Å². The fourth-order valence-corrected chi connectivity index (χ4v) is 0.204. The van der Waals surface area contributed by atoms with Gasteiger partial charge in [-0.05, 0) is 13.0 Å². The molecule has 0 aliphatic heterocycles. The Kier molecular flexibility index (Phi) is 15.1. The van der Waals surface area contributed by atoms with Gasteiger partial charge in [0.25, 0.3) is 0 Å². The van der Waals surface area contributed by atoms with Crippen molar-refractivity contribution in [3.63, 3.8) is 0 Å². The molecule has 0 fully saturated rings. The first-order valence-electron chi connectivity index (χ1n) is 2.12. The van der Waals surface area contributed by atoms with Crippen molar-refractivity contribution in [1.82, 2.24) is 0 Å². The van der Waals surface area contributed by atoms with Crippen LogP contribution in [0.5, 0.6) is 0 Å². The summed E-state index contributed by atoms with van der Waals surface area (Å²) in [5.41, 5.74) is 5.14. The van der Waals surface area contributed by atoms with E-state index in [1.165, 1.54) is 12.8 Å². The Bertz CT molecular complexity index is 15.0. The summed E-state index contributed by atoms with van der Waals surface area (Å²) < 4.78 is 0. The molecule has 0 aliphatic rings. The molecular formula is C4H11AgN. The van der Waals surface area contributed by atoms with Gasteiger partial charge in [-0.3, -0.25) is 0 Å². The normalized spacial score (nSPS) is 7.00. The largest absolute Gasteiger partial charge is 0.330 e. The molecule has 0 saturated carbocycles. The molecule has 0 rings (SSSR count). The molecule has 0 bridgehead atoms. The van der Waals surface area contributed by atoms with Crippen molar-refractivity contribution < 1.29 is 22.4 Å². The zero-order valence-electron chi connectivity index (χ0n) is 4.00. The van der Waals surface area contributed by atoms with Crippen molar-refractivity contribution >= 4 is 0 Å². The van der Waals surface area contributed by atoms with Crippen LogP contribution >= 0.6 is 0 Å². The molecule has 0 spiro atoms. The molecule has 2 N–H and O–H groups in total. The predicted molar refractivity (Wildman–Crippen MR) is 24.0 cm³/mol. The van der Waals surface area contributed by atoms with Gasteiger partial charge in [-0.2, -0.15) is 0 Å². The summed E-state index contributed by atoms with van der Waals surface area (Å²) >= 11 is 0. The van der Waals surface area contributed by atoms with Crippen LogP contribution in [0.1, 0.15) is 19.8 Å². The van der Waals surface area contributed by atoms with Crippen molar-refractivity contribution in [3.8, 4) is 0 Å². The zero-order valence-corrected chi connectivity index (χ0v) is 5.48. The molecule has 0 aromatic carbocycles. The van der Waals surface area contributed by atoms with E-state index in [1.807, 2.05) is 0 Å². The standard InChI is InChI=1S/C4H11N.Ag/c1-2-3-4-5;/h2-5H2,1H3;. The second-order valence-electron chi connectivity index (χ2n) is 1.14. The van der Waals surface area contributed by atoms with Gasteiger partial charge in [0, 0.05) is 22.4 Å². The molecule has 2 heteroatoms. The van der Waals surface area contributed by atoms with Crippen molar-refractivity contribution in [2.75, 3.05) is 6.54 Å². The van der Waals surface area contributed by atoms with E-state index < -0.39 is 0 Å². The van der Waals surface area contributed by atoms with Gasteiger partial charge in [-0.15, -0.1) is 0 Å². The average Bonchev–Trinajstić information content (AvgIpc) is 1.41. The van der Waals surface area contributed by atoms with Crippen LogP contribution in [-0.2, 0) is 22.4 Å². The van der Waals surface area contributed by atoms with Gasteiger partial charge in [0.2, 0.25) is 0 Å². The monoisotopic (exact) mass is 180 g/mol. The van der Waals surface area contributed by atoms with E-state index in [9.17, 15) is 0 Å². The summed E-state index contributed by atoms with van der Waals surface area (Å²) in [5.74, 6) is 0. The maximum Gasteiger partial charge on any atom is 0 e. The minimum absolute atomic E-state index is 0. The quantitative estimate of drug-likeness (QED) is 0.624. The van der Waals surface area contributed by atoms with Crippen LogP contribution in [0.4, 0.5) is 0 Å². The summed E-state index contributed by atoms with van der Waals surface area (Å²) in [6.45, 7) is 2.98. The van der Waals surface area contributed by atoms with Gasteiger partial charge < -0.3 is 5.73 Å². The van der Waals surface area contributed by atoms with Crippen LogP contribution in [0.25, 0.3) is 0 Å². The number of hydrogen-bond acceptors (Lipinski definition) is 1.